The first-order valence-electron chi connectivity index (χ1n) is 24.7. The van der Waals surface area contributed by atoms with E-state index in [9.17, 15) is 68.1 Å². The molecule has 10 amide bonds. The zero-order valence-corrected chi connectivity index (χ0v) is 43.5. The summed E-state index contributed by atoms with van der Waals surface area (Å²) in [4.78, 5) is 147. The minimum Gasteiger partial charge on any atom is -0.508 e. The van der Waals surface area contributed by atoms with E-state index in [-0.39, 0.29) is 68.2 Å². The number of likely N-dealkylation sites (tertiary alicyclic amines) is 1. The third-order valence-corrected chi connectivity index (χ3v) is 12.5. The summed E-state index contributed by atoms with van der Waals surface area (Å²) in [5, 5.41) is 46.4. The van der Waals surface area contributed by atoms with Crippen LogP contribution in [0.5, 0.6) is 11.5 Å². The number of carboxylic acids is 1. The van der Waals surface area contributed by atoms with Gasteiger partial charge in [0.25, 0.3) is 0 Å². The van der Waals surface area contributed by atoms with Crippen molar-refractivity contribution in [2.45, 2.75) is 139 Å². The summed E-state index contributed by atoms with van der Waals surface area (Å²) in [5.74, 6) is -11.3. The topological polar surface area (TPSA) is 440 Å². The Morgan fingerprint density at radius 1 is 0.618 bits per heavy atom. The number of nitrogens with zero attached hydrogens (tertiary/aromatic N) is 1. The van der Waals surface area contributed by atoms with Crippen molar-refractivity contribution in [1.29, 1.82) is 0 Å². The summed E-state index contributed by atoms with van der Waals surface area (Å²) in [6, 6.07) is -1.31. The first-order valence-corrected chi connectivity index (χ1v) is 25.3. The van der Waals surface area contributed by atoms with Gasteiger partial charge in [-0.25, -0.2) is 4.79 Å². The predicted molar refractivity (Wildman–Crippen MR) is 277 cm³/mol. The Hall–Kier alpha value is -7.52. The van der Waals surface area contributed by atoms with Gasteiger partial charge < -0.3 is 80.4 Å². The van der Waals surface area contributed by atoms with Gasteiger partial charge in [-0.15, -0.1) is 0 Å². The summed E-state index contributed by atoms with van der Waals surface area (Å²) < 4.78 is 0. The Kier molecular flexibility index (Phi) is 25.4. The Bertz CT molecular complexity index is 2380. The molecule has 0 spiro atoms. The highest BCUT2D eigenvalue weighted by atomic mass is 32.1. The number of rotatable bonds is 31. The second-order valence-corrected chi connectivity index (χ2v) is 19.3. The number of benzene rings is 2. The maximum Gasteiger partial charge on any atom is 0.326 e. The molecule has 26 nitrogen and oxygen atoms in total. The molecule has 0 saturated carbocycles. The van der Waals surface area contributed by atoms with Crippen LogP contribution in [0.4, 0.5) is 0 Å². The number of hydrogen-bond acceptors (Lipinski definition) is 16. The number of hydrogen-bond donors (Lipinski definition) is 15. The van der Waals surface area contributed by atoms with Crippen LogP contribution in [0.3, 0.4) is 0 Å². The van der Waals surface area contributed by atoms with Crippen LogP contribution >= 0.6 is 12.6 Å². The number of aromatic hydroxyl groups is 2. The van der Waals surface area contributed by atoms with Crippen LogP contribution in [0.2, 0.25) is 0 Å². The minimum absolute atomic E-state index is 0.0222. The number of phenolic OH excluding ortho intramolecular Hbond substituents is 2. The molecule has 1 saturated heterocycles. The van der Waals surface area contributed by atoms with Gasteiger partial charge in [-0.3, -0.25) is 47.9 Å². The lowest BCUT2D eigenvalue weighted by Crippen LogP contribution is -2.60. The van der Waals surface area contributed by atoms with E-state index >= 15 is 0 Å². The van der Waals surface area contributed by atoms with E-state index in [1.165, 1.54) is 55.5 Å². The zero-order chi connectivity index (χ0) is 56.8. The number of aliphatic carboxylic acids is 1. The van der Waals surface area contributed by atoms with Crippen LogP contribution in [-0.4, -0.2) is 158 Å². The fourth-order valence-electron chi connectivity index (χ4n) is 8.04. The van der Waals surface area contributed by atoms with Gasteiger partial charge in [-0.2, -0.15) is 12.6 Å². The fraction of sp³-hybridized carbons (Fsp3) is 0.531. The Morgan fingerprint density at radius 3 is 1.57 bits per heavy atom. The van der Waals surface area contributed by atoms with Gasteiger partial charge in [0.05, 0.1) is 18.9 Å². The van der Waals surface area contributed by atoms with E-state index in [4.69, 9.17) is 22.9 Å². The van der Waals surface area contributed by atoms with Crippen LogP contribution in [0, 0.1) is 5.92 Å². The van der Waals surface area contributed by atoms with Crippen molar-refractivity contribution in [3.63, 3.8) is 0 Å². The van der Waals surface area contributed by atoms with Crippen LogP contribution < -0.4 is 60.2 Å². The minimum atomic E-state index is -1.72. The first kappa shape index (κ1) is 62.8. The summed E-state index contributed by atoms with van der Waals surface area (Å²) in [6.07, 6.45) is -0.0389. The SMILES string of the molecule is CC(C)C[C@H](NC(=O)[C@H](Cc1ccc(O)cc1)NC(=O)[C@H](CC(N)=O)NC(=O)[C@H](C)NC(=O)[C@H](CS)NC(=O)[C@@H]1CCCN1C(=O)[C@H](CC(N)=O)NC(=O)[C@H](Cc1ccc(O)cc1)NC(=O)[C@@H](N)CCCCN)C(=O)O. The van der Waals surface area contributed by atoms with Crippen molar-refractivity contribution in [2.24, 2.45) is 28.9 Å². The molecule has 9 atom stereocenters. The number of primary amides is 2. The molecule has 0 aliphatic carbocycles. The Morgan fingerprint density at radius 2 is 1.08 bits per heavy atom. The molecule has 418 valence electrons. The van der Waals surface area contributed by atoms with Crippen molar-refractivity contribution in [3.8, 4) is 11.5 Å². The molecule has 1 heterocycles. The highest BCUT2D eigenvalue weighted by Gasteiger charge is 2.41. The smallest absolute Gasteiger partial charge is 0.326 e. The molecule has 27 heteroatoms. The van der Waals surface area contributed by atoms with E-state index in [0.717, 1.165) is 4.90 Å². The largest absolute Gasteiger partial charge is 0.508 e. The van der Waals surface area contributed by atoms with Crippen molar-refractivity contribution < 1.29 is 68.1 Å². The second kappa shape index (κ2) is 30.8. The third kappa shape index (κ3) is 20.7. The molecular formula is C49H72N12O14S. The maximum atomic E-state index is 14.2. The van der Waals surface area contributed by atoms with Gasteiger partial charge in [0, 0.05) is 25.1 Å². The molecule has 2 aromatic carbocycles. The van der Waals surface area contributed by atoms with E-state index in [0.29, 0.717) is 30.5 Å². The molecule has 1 aliphatic rings. The van der Waals surface area contributed by atoms with E-state index in [1.54, 1.807) is 13.8 Å². The normalized spacial score (nSPS) is 16.2. The van der Waals surface area contributed by atoms with Gasteiger partial charge in [-0.1, -0.05) is 44.5 Å². The van der Waals surface area contributed by atoms with Crippen molar-refractivity contribution in [1.82, 2.24) is 42.1 Å². The second-order valence-electron chi connectivity index (χ2n) is 18.9. The molecular weight excluding hydrogens is 1010 g/mol. The number of nitrogens with two attached hydrogens (primary N) is 4. The summed E-state index contributed by atoms with van der Waals surface area (Å²) >= 11 is 4.20. The van der Waals surface area contributed by atoms with Gasteiger partial charge in [-0.05, 0) is 86.9 Å². The average Bonchev–Trinajstić information content (AvgIpc) is 3.85. The van der Waals surface area contributed by atoms with Crippen molar-refractivity contribution >= 4 is 77.7 Å². The zero-order valence-electron chi connectivity index (χ0n) is 42.6. The van der Waals surface area contributed by atoms with Crippen molar-refractivity contribution in [2.75, 3.05) is 18.8 Å². The maximum absolute atomic E-state index is 14.2. The molecule has 2 aromatic rings. The molecule has 1 fully saturated rings. The number of thiol groups is 1. The van der Waals surface area contributed by atoms with Crippen LogP contribution in [-0.2, 0) is 65.6 Å². The number of amides is 10. The summed E-state index contributed by atoms with van der Waals surface area (Å²) in [5.41, 5.74) is 23.5. The summed E-state index contributed by atoms with van der Waals surface area (Å²) in [7, 11) is 0. The van der Waals surface area contributed by atoms with E-state index in [2.05, 4.69) is 49.8 Å². The Labute approximate surface area is 444 Å². The lowest BCUT2D eigenvalue weighted by atomic mass is 10.0. The number of nitrogens with one attached hydrogen (secondary N) is 7. The van der Waals surface area contributed by atoms with Gasteiger partial charge in [0.15, 0.2) is 0 Å². The molecule has 0 unspecified atom stereocenters. The number of phenols is 2. The highest BCUT2D eigenvalue weighted by molar-refractivity contribution is 7.80. The predicted octanol–water partition coefficient (Wildman–Crippen LogP) is -3.44. The Balaban J connectivity index is 1.75. The highest BCUT2D eigenvalue weighted by Crippen LogP contribution is 2.21. The summed E-state index contributed by atoms with van der Waals surface area (Å²) in [6.45, 7) is 5.06. The van der Waals surface area contributed by atoms with Gasteiger partial charge in [0.1, 0.15) is 59.8 Å². The number of carbonyl (C=O) groups excluding carboxylic acids is 10. The molecule has 0 radical (unpaired) electrons. The standard InChI is InChI=1S/C49H72N12O14S/c1-25(2)19-36(49(74)75)59-44(69)33(21-28-11-15-30(63)16-12-28)57-45(70)34(22-39(52)64)55-41(66)26(3)54-46(71)37(24-76)60-47(72)38-8-6-18-61(38)48(73)35(23-40(53)65)58-43(68)32(20-27-9-13-29(62)14-10-27)56-42(67)31(51)7-4-5-17-50/h9-16,25-26,31-38,62-63,76H,4-8,17-24,50-51H2,1-3H3,(H2,52,64)(H2,53,65)(H,54,71)(H,55,66)(H,56,67)(H,57,70)(H,58,68)(H,59,69)(H,60,72)(H,74,75)/t26-,31-,32-,33-,34-,35-,36-,37-,38-/m0/s1. The molecule has 0 aromatic heterocycles. The number of unbranched alkanes of at least 4 members (excludes halogenated alkanes) is 1. The van der Waals surface area contributed by atoms with Crippen LogP contribution in [0.25, 0.3) is 0 Å². The lowest BCUT2D eigenvalue weighted by molar-refractivity contribution is -0.143. The quantitative estimate of drug-likeness (QED) is 0.0258. The first-order chi connectivity index (χ1) is 35.8. The molecule has 76 heavy (non-hydrogen) atoms. The van der Waals surface area contributed by atoms with Gasteiger partial charge in [0.2, 0.25) is 59.1 Å². The van der Waals surface area contributed by atoms with Crippen molar-refractivity contribution in [3.05, 3.63) is 59.7 Å². The molecule has 18 N–H and O–H groups in total. The molecule has 1 aliphatic heterocycles. The average molecular weight is 1090 g/mol. The molecule has 3 rings (SSSR count). The monoisotopic (exact) mass is 1080 g/mol. The number of carbonyl (C=O) groups is 11. The fourth-order valence-corrected chi connectivity index (χ4v) is 8.29. The van der Waals surface area contributed by atoms with E-state index < -0.39 is 132 Å². The van der Waals surface area contributed by atoms with Crippen LogP contribution in [0.1, 0.15) is 83.3 Å². The van der Waals surface area contributed by atoms with Crippen LogP contribution in [0.15, 0.2) is 48.5 Å². The lowest BCUT2D eigenvalue weighted by Gasteiger charge is -2.30. The third-order valence-electron chi connectivity index (χ3n) is 12.1. The van der Waals surface area contributed by atoms with Gasteiger partial charge >= 0.3 is 5.97 Å². The van der Waals surface area contributed by atoms with E-state index in [1.807, 2.05) is 0 Å². The number of carboxylic acid groups (broad SMARTS) is 1. The molecule has 0 bridgehead atoms.